The zero-order valence-corrected chi connectivity index (χ0v) is 13.1. The van der Waals surface area contributed by atoms with Crippen LogP contribution in [0.15, 0.2) is 29.9 Å². The van der Waals surface area contributed by atoms with Gasteiger partial charge in [-0.05, 0) is 6.07 Å². The number of hydrogen-bond donors (Lipinski definition) is 0. The van der Waals surface area contributed by atoms with Gasteiger partial charge in [0.15, 0.2) is 5.16 Å². The maximum Gasteiger partial charge on any atom is 0.233 e. The summed E-state index contributed by atoms with van der Waals surface area (Å²) < 4.78 is 1.81. The maximum absolute atomic E-state index is 12.2. The summed E-state index contributed by atoms with van der Waals surface area (Å²) in [6.45, 7) is 2.89. The van der Waals surface area contributed by atoms with Crippen molar-refractivity contribution in [3.05, 3.63) is 24.8 Å². The van der Waals surface area contributed by atoms with Crippen molar-refractivity contribution in [2.75, 3.05) is 36.8 Å². The first kappa shape index (κ1) is 14.8. The molecule has 3 rings (SSSR count). The molecule has 0 N–H and O–H groups in total. The van der Waals surface area contributed by atoms with Crippen LogP contribution in [-0.4, -0.2) is 67.5 Å². The molecule has 22 heavy (non-hydrogen) atoms. The molecule has 116 valence electrons. The molecular formula is C13H17N7OS. The Balaban J connectivity index is 1.49. The Hall–Kier alpha value is -2.16. The minimum Gasteiger partial charge on any atom is -0.338 e. The van der Waals surface area contributed by atoms with E-state index in [2.05, 4.69) is 25.1 Å². The van der Waals surface area contributed by atoms with Gasteiger partial charge in [-0.3, -0.25) is 4.79 Å². The summed E-state index contributed by atoms with van der Waals surface area (Å²) in [7, 11) is 1.87. The van der Waals surface area contributed by atoms with E-state index in [4.69, 9.17) is 0 Å². The Bertz CT molecular complexity index is 624. The first-order valence-corrected chi connectivity index (χ1v) is 7.99. The standard InChI is InChI=1S/C13H17N7OS/c1-18-10-16-17-13(18)22-9-11(21)19-5-7-20(8-6-19)12-14-3-2-4-15-12/h2-4,10H,5-9H2,1H3. The van der Waals surface area contributed by atoms with Crippen molar-refractivity contribution in [2.24, 2.45) is 7.05 Å². The fourth-order valence-corrected chi connectivity index (χ4v) is 3.02. The third-order valence-electron chi connectivity index (χ3n) is 3.46. The molecule has 2 aromatic heterocycles. The number of aromatic nitrogens is 5. The summed E-state index contributed by atoms with van der Waals surface area (Å²) >= 11 is 1.41. The minimum atomic E-state index is 0.127. The van der Waals surface area contributed by atoms with Gasteiger partial charge < -0.3 is 14.4 Å². The number of piperazine rings is 1. The van der Waals surface area contributed by atoms with Crippen molar-refractivity contribution in [1.82, 2.24) is 29.6 Å². The monoisotopic (exact) mass is 319 g/mol. The highest BCUT2D eigenvalue weighted by Crippen LogP contribution is 2.15. The molecule has 1 fully saturated rings. The molecule has 0 saturated carbocycles. The lowest BCUT2D eigenvalue weighted by Gasteiger charge is -2.34. The van der Waals surface area contributed by atoms with Crippen LogP contribution in [0.25, 0.3) is 0 Å². The summed E-state index contributed by atoms with van der Waals surface area (Å²) in [5.41, 5.74) is 0. The molecule has 9 heteroatoms. The summed E-state index contributed by atoms with van der Waals surface area (Å²) in [4.78, 5) is 24.7. The van der Waals surface area contributed by atoms with Gasteiger partial charge in [-0.15, -0.1) is 10.2 Å². The van der Waals surface area contributed by atoms with Gasteiger partial charge in [0.05, 0.1) is 5.75 Å². The highest BCUT2D eigenvalue weighted by Gasteiger charge is 2.22. The van der Waals surface area contributed by atoms with Crippen LogP contribution in [-0.2, 0) is 11.8 Å². The second-order valence-electron chi connectivity index (χ2n) is 4.93. The van der Waals surface area contributed by atoms with Crippen LogP contribution in [0.2, 0.25) is 0 Å². The van der Waals surface area contributed by atoms with Gasteiger partial charge in [-0.1, -0.05) is 11.8 Å². The van der Waals surface area contributed by atoms with Crippen molar-refractivity contribution in [1.29, 1.82) is 0 Å². The summed E-state index contributed by atoms with van der Waals surface area (Å²) in [6, 6.07) is 1.80. The number of aryl methyl sites for hydroxylation is 1. The average molecular weight is 319 g/mol. The van der Waals surface area contributed by atoms with E-state index >= 15 is 0 Å². The second-order valence-corrected chi connectivity index (χ2v) is 5.87. The van der Waals surface area contributed by atoms with Crippen molar-refractivity contribution in [2.45, 2.75) is 5.16 Å². The Morgan fingerprint density at radius 2 is 1.95 bits per heavy atom. The van der Waals surface area contributed by atoms with Crippen LogP contribution in [0.4, 0.5) is 5.95 Å². The third kappa shape index (κ3) is 3.35. The minimum absolute atomic E-state index is 0.127. The largest absolute Gasteiger partial charge is 0.338 e. The van der Waals surface area contributed by atoms with Gasteiger partial charge in [0, 0.05) is 45.6 Å². The molecule has 1 amide bonds. The fourth-order valence-electron chi connectivity index (χ4n) is 2.23. The van der Waals surface area contributed by atoms with Crippen molar-refractivity contribution in [3.63, 3.8) is 0 Å². The number of carbonyl (C=O) groups excluding carboxylic acids is 1. The molecule has 0 unspecified atom stereocenters. The van der Waals surface area contributed by atoms with Crippen molar-refractivity contribution in [3.8, 4) is 0 Å². The van der Waals surface area contributed by atoms with Gasteiger partial charge in [0.1, 0.15) is 6.33 Å². The SMILES string of the molecule is Cn1cnnc1SCC(=O)N1CCN(c2ncccn2)CC1. The molecule has 1 aliphatic rings. The van der Waals surface area contributed by atoms with E-state index < -0.39 is 0 Å². The second kappa shape index (κ2) is 6.73. The number of nitrogens with zero attached hydrogens (tertiary/aromatic N) is 7. The predicted molar refractivity (Wildman–Crippen MR) is 82.6 cm³/mol. The highest BCUT2D eigenvalue weighted by atomic mass is 32.2. The lowest BCUT2D eigenvalue weighted by Crippen LogP contribution is -2.49. The van der Waals surface area contributed by atoms with E-state index in [0.29, 0.717) is 18.8 Å². The Labute approximate surface area is 132 Å². The average Bonchev–Trinajstić information content (AvgIpc) is 2.99. The van der Waals surface area contributed by atoms with Crippen LogP contribution in [0, 0.1) is 0 Å². The zero-order chi connectivity index (χ0) is 15.4. The molecule has 0 radical (unpaired) electrons. The lowest BCUT2D eigenvalue weighted by molar-refractivity contribution is -0.128. The third-order valence-corrected chi connectivity index (χ3v) is 4.48. The number of hydrogen-bond acceptors (Lipinski definition) is 7. The van der Waals surface area contributed by atoms with E-state index in [9.17, 15) is 4.79 Å². The number of thioether (sulfide) groups is 1. The predicted octanol–water partition coefficient (Wildman–Crippen LogP) is 0.0460. The van der Waals surface area contributed by atoms with Gasteiger partial charge in [-0.25, -0.2) is 9.97 Å². The molecule has 2 aromatic rings. The summed E-state index contributed by atoms with van der Waals surface area (Å²) in [5, 5.41) is 8.52. The van der Waals surface area contributed by atoms with Gasteiger partial charge >= 0.3 is 0 Å². The molecule has 0 bridgehead atoms. The molecule has 0 aromatic carbocycles. The molecule has 8 nitrogen and oxygen atoms in total. The van der Waals surface area contributed by atoms with E-state index in [0.717, 1.165) is 24.2 Å². The Morgan fingerprint density at radius 3 is 2.59 bits per heavy atom. The number of rotatable bonds is 4. The normalized spacial score (nSPS) is 15.1. The number of carbonyl (C=O) groups is 1. The number of anilines is 1. The molecule has 1 saturated heterocycles. The molecule has 0 spiro atoms. The molecule has 0 atom stereocenters. The van der Waals surface area contributed by atoms with Crippen LogP contribution >= 0.6 is 11.8 Å². The van der Waals surface area contributed by atoms with Crippen molar-refractivity contribution < 1.29 is 4.79 Å². The molecule has 1 aliphatic heterocycles. The van der Waals surface area contributed by atoms with E-state index in [1.807, 2.05) is 16.5 Å². The molecule has 0 aliphatic carbocycles. The van der Waals surface area contributed by atoms with Crippen LogP contribution in [0.1, 0.15) is 0 Å². The lowest BCUT2D eigenvalue weighted by atomic mass is 10.3. The van der Waals surface area contributed by atoms with E-state index in [1.54, 1.807) is 24.8 Å². The first-order chi connectivity index (χ1) is 10.7. The van der Waals surface area contributed by atoms with Gasteiger partial charge in [0.2, 0.25) is 11.9 Å². The van der Waals surface area contributed by atoms with Crippen molar-refractivity contribution >= 4 is 23.6 Å². The number of amides is 1. The van der Waals surface area contributed by atoms with Gasteiger partial charge in [-0.2, -0.15) is 0 Å². The first-order valence-electron chi connectivity index (χ1n) is 7.00. The Morgan fingerprint density at radius 1 is 1.23 bits per heavy atom. The zero-order valence-electron chi connectivity index (χ0n) is 12.3. The van der Waals surface area contributed by atoms with Crippen LogP contribution in [0.3, 0.4) is 0 Å². The van der Waals surface area contributed by atoms with Crippen LogP contribution < -0.4 is 4.90 Å². The van der Waals surface area contributed by atoms with E-state index in [-0.39, 0.29) is 5.91 Å². The molecule has 3 heterocycles. The highest BCUT2D eigenvalue weighted by molar-refractivity contribution is 7.99. The Kier molecular flexibility index (Phi) is 4.52. The summed E-state index contributed by atoms with van der Waals surface area (Å²) in [5.74, 6) is 1.23. The van der Waals surface area contributed by atoms with E-state index in [1.165, 1.54) is 11.8 Å². The van der Waals surface area contributed by atoms with Crippen LogP contribution in [0.5, 0.6) is 0 Å². The molecular weight excluding hydrogens is 302 g/mol. The topological polar surface area (TPSA) is 80.0 Å². The summed E-state index contributed by atoms with van der Waals surface area (Å²) in [6.07, 6.45) is 5.10. The van der Waals surface area contributed by atoms with Gasteiger partial charge in [0.25, 0.3) is 0 Å². The fraction of sp³-hybridized carbons (Fsp3) is 0.462. The quantitative estimate of drug-likeness (QED) is 0.736. The smallest absolute Gasteiger partial charge is 0.233 e. The maximum atomic E-state index is 12.2.